The van der Waals surface area contributed by atoms with Crippen LogP contribution in [0, 0.1) is 10.5 Å². The fourth-order valence-corrected chi connectivity index (χ4v) is 2.32. The smallest absolute Gasteiger partial charge is 0.229 e. The highest BCUT2D eigenvalue weighted by molar-refractivity contribution is 14.1. The first-order valence-corrected chi connectivity index (χ1v) is 6.54. The van der Waals surface area contributed by atoms with E-state index in [2.05, 4.69) is 27.6 Å². The lowest BCUT2D eigenvalue weighted by atomic mass is 10.1. The Kier molecular flexibility index (Phi) is 3.61. The molecule has 1 aromatic carbocycles. The summed E-state index contributed by atoms with van der Waals surface area (Å²) in [6.45, 7) is 4.76. The lowest BCUT2D eigenvalue weighted by molar-refractivity contribution is 0.102. The van der Waals surface area contributed by atoms with Crippen molar-refractivity contribution in [3.8, 4) is 0 Å². The first-order valence-electron chi connectivity index (χ1n) is 5.46. The Morgan fingerprint density at radius 1 is 1.47 bits per heavy atom. The molecule has 0 unspecified atom stereocenters. The predicted octanol–water partition coefficient (Wildman–Crippen LogP) is 3.05. The third-order valence-electron chi connectivity index (χ3n) is 2.70. The average molecular weight is 340 g/mol. The zero-order valence-corrected chi connectivity index (χ0v) is 11.9. The Morgan fingerprint density at radius 2 is 2.24 bits per heavy atom. The number of aryl methyl sites for hydroxylation is 2. The summed E-state index contributed by atoms with van der Waals surface area (Å²) < 4.78 is 2.86. The van der Waals surface area contributed by atoms with Crippen molar-refractivity contribution in [2.24, 2.45) is 0 Å². The van der Waals surface area contributed by atoms with Crippen LogP contribution in [0.4, 0.5) is 0 Å². The average Bonchev–Trinajstić information content (AvgIpc) is 2.80. The van der Waals surface area contributed by atoms with Crippen molar-refractivity contribution >= 4 is 28.4 Å². The van der Waals surface area contributed by atoms with E-state index >= 15 is 0 Å². The maximum Gasteiger partial charge on any atom is 0.229 e. The minimum absolute atomic E-state index is 0.00931. The summed E-state index contributed by atoms with van der Waals surface area (Å²) in [7, 11) is 0. The van der Waals surface area contributed by atoms with E-state index in [1.54, 1.807) is 6.20 Å². The molecule has 0 radical (unpaired) electrons. The Bertz CT molecular complexity index is 560. The fourth-order valence-electron chi connectivity index (χ4n) is 1.72. The van der Waals surface area contributed by atoms with Gasteiger partial charge in [0.2, 0.25) is 5.78 Å². The molecule has 0 saturated carbocycles. The topological polar surface area (TPSA) is 34.9 Å². The van der Waals surface area contributed by atoms with Crippen molar-refractivity contribution in [1.29, 1.82) is 0 Å². The molecule has 0 aliphatic rings. The second-order valence-electron chi connectivity index (χ2n) is 3.80. The Balaban J connectivity index is 2.48. The molecule has 1 aromatic heterocycles. The molecule has 2 rings (SSSR count). The van der Waals surface area contributed by atoms with Crippen LogP contribution in [-0.4, -0.2) is 15.3 Å². The van der Waals surface area contributed by atoms with Gasteiger partial charge in [0.15, 0.2) is 5.82 Å². The molecular weight excluding hydrogens is 327 g/mol. The summed E-state index contributed by atoms with van der Waals surface area (Å²) >= 11 is 2.21. The summed E-state index contributed by atoms with van der Waals surface area (Å²) in [6.07, 6.45) is 3.50. The molecule has 0 atom stereocenters. The van der Waals surface area contributed by atoms with Gasteiger partial charge in [-0.2, -0.15) is 0 Å². The number of carbonyl (C=O) groups excluding carboxylic acids is 1. The standard InChI is InChI=1S/C13H13IN2O/c1-3-16-8-7-15-13(16)12(17)10-6-4-5-9(2)11(10)14/h4-8H,3H2,1-2H3. The van der Waals surface area contributed by atoms with E-state index < -0.39 is 0 Å². The molecular formula is C13H13IN2O. The molecule has 0 aliphatic carbocycles. The molecule has 1 heterocycles. The molecule has 0 fully saturated rings. The zero-order chi connectivity index (χ0) is 12.4. The SMILES string of the molecule is CCn1ccnc1C(=O)c1cccc(C)c1I. The van der Waals surface area contributed by atoms with Crippen LogP contribution in [-0.2, 0) is 6.54 Å². The minimum Gasteiger partial charge on any atom is -0.328 e. The van der Waals surface area contributed by atoms with Gasteiger partial charge in [-0.3, -0.25) is 4.79 Å². The van der Waals surface area contributed by atoms with Crippen LogP contribution in [0.25, 0.3) is 0 Å². The van der Waals surface area contributed by atoms with Crippen molar-refractivity contribution in [2.45, 2.75) is 20.4 Å². The monoisotopic (exact) mass is 340 g/mol. The van der Waals surface area contributed by atoms with Gasteiger partial charge in [0, 0.05) is 28.1 Å². The Labute approximate surface area is 114 Å². The number of imidazole rings is 1. The molecule has 0 N–H and O–H groups in total. The van der Waals surface area contributed by atoms with Gasteiger partial charge in [-0.05, 0) is 48.1 Å². The fraction of sp³-hybridized carbons (Fsp3) is 0.231. The molecule has 0 saturated heterocycles. The maximum atomic E-state index is 12.4. The number of rotatable bonds is 3. The number of hydrogen-bond donors (Lipinski definition) is 0. The van der Waals surface area contributed by atoms with Crippen LogP contribution in [0.2, 0.25) is 0 Å². The summed E-state index contributed by atoms with van der Waals surface area (Å²) in [4.78, 5) is 16.5. The van der Waals surface area contributed by atoms with Crippen molar-refractivity contribution in [2.75, 3.05) is 0 Å². The van der Waals surface area contributed by atoms with E-state index in [9.17, 15) is 4.79 Å². The zero-order valence-electron chi connectivity index (χ0n) is 9.77. The molecule has 88 valence electrons. The van der Waals surface area contributed by atoms with Crippen LogP contribution < -0.4 is 0 Å². The number of ketones is 1. The molecule has 4 heteroatoms. The van der Waals surface area contributed by atoms with E-state index in [0.717, 1.165) is 21.2 Å². The molecule has 17 heavy (non-hydrogen) atoms. The Morgan fingerprint density at radius 3 is 2.94 bits per heavy atom. The van der Waals surface area contributed by atoms with Crippen molar-refractivity contribution in [3.05, 3.63) is 51.1 Å². The van der Waals surface area contributed by atoms with Crippen molar-refractivity contribution in [3.63, 3.8) is 0 Å². The minimum atomic E-state index is -0.00931. The third kappa shape index (κ3) is 2.26. The van der Waals surface area contributed by atoms with Gasteiger partial charge in [-0.15, -0.1) is 0 Å². The summed E-state index contributed by atoms with van der Waals surface area (Å²) in [5.74, 6) is 0.501. The maximum absolute atomic E-state index is 12.4. The van der Waals surface area contributed by atoms with Gasteiger partial charge >= 0.3 is 0 Å². The van der Waals surface area contributed by atoms with E-state index in [1.807, 2.05) is 42.8 Å². The van der Waals surface area contributed by atoms with Crippen LogP contribution in [0.1, 0.15) is 28.7 Å². The predicted molar refractivity (Wildman–Crippen MR) is 75.2 cm³/mol. The largest absolute Gasteiger partial charge is 0.328 e. The van der Waals surface area contributed by atoms with Gasteiger partial charge in [0.1, 0.15) is 0 Å². The van der Waals surface area contributed by atoms with Crippen LogP contribution >= 0.6 is 22.6 Å². The van der Waals surface area contributed by atoms with E-state index in [-0.39, 0.29) is 5.78 Å². The number of benzene rings is 1. The van der Waals surface area contributed by atoms with Crippen LogP contribution in [0.15, 0.2) is 30.6 Å². The highest BCUT2D eigenvalue weighted by atomic mass is 127. The first kappa shape index (κ1) is 12.3. The van der Waals surface area contributed by atoms with E-state index in [4.69, 9.17) is 0 Å². The van der Waals surface area contributed by atoms with Gasteiger partial charge in [0.25, 0.3) is 0 Å². The first-order chi connectivity index (χ1) is 8.15. The molecule has 0 amide bonds. The quantitative estimate of drug-likeness (QED) is 0.636. The lowest BCUT2D eigenvalue weighted by Crippen LogP contribution is -2.12. The Hall–Kier alpha value is -1.17. The second kappa shape index (κ2) is 5.00. The summed E-state index contributed by atoms with van der Waals surface area (Å²) in [5.41, 5.74) is 1.84. The molecule has 3 nitrogen and oxygen atoms in total. The van der Waals surface area contributed by atoms with E-state index in [0.29, 0.717) is 5.82 Å². The number of aromatic nitrogens is 2. The molecule has 0 spiro atoms. The third-order valence-corrected chi connectivity index (χ3v) is 4.13. The second-order valence-corrected chi connectivity index (χ2v) is 4.88. The highest BCUT2D eigenvalue weighted by Crippen LogP contribution is 2.19. The van der Waals surface area contributed by atoms with Crippen molar-refractivity contribution in [1.82, 2.24) is 9.55 Å². The van der Waals surface area contributed by atoms with Crippen LogP contribution in [0.3, 0.4) is 0 Å². The molecule has 0 aliphatic heterocycles. The van der Waals surface area contributed by atoms with Gasteiger partial charge in [0.05, 0.1) is 0 Å². The molecule has 2 aromatic rings. The van der Waals surface area contributed by atoms with Crippen LogP contribution in [0.5, 0.6) is 0 Å². The number of nitrogens with zero attached hydrogens (tertiary/aromatic N) is 2. The normalized spacial score (nSPS) is 10.5. The number of hydrogen-bond acceptors (Lipinski definition) is 2. The highest BCUT2D eigenvalue weighted by Gasteiger charge is 2.17. The van der Waals surface area contributed by atoms with Gasteiger partial charge in [-0.25, -0.2) is 4.98 Å². The van der Waals surface area contributed by atoms with Gasteiger partial charge < -0.3 is 4.57 Å². The number of halogens is 1. The summed E-state index contributed by atoms with van der Waals surface area (Å²) in [5, 5.41) is 0. The van der Waals surface area contributed by atoms with E-state index in [1.165, 1.54) is 0 Å². The molecule has 0 bridgehead atoms. The van der Waals surface area contributed by atoms with Gasteiger partial charge in [-0.1, -0.05) is 12.1 Å². The number of carbonyl (C=O) groups is 1. The lowest BCUT2D eigenvalue weighted by Gasteiger charge is -2.07. The van der Waals surface area contributed by atoms with Crippen molar-refractivity contribution < 1.29 is 4.79 Å². The summed E-state index contributed by atoms with van der Waals surface area (Å²) in [6, 6.07) is 5.76.